The molecule has 1 atom stereocenters. The molecule has 0 saturated heterocycles. The molecule has 0 bridgehead atoms. The van der Waals surface area contributed by atoms with Crippen LogP contribution in [0, 0.1) is 5.82 Å². The number of carbonyl (C=O) groups excluding carboxylic acids is 1. The van der Waals surface area contributed by atoms with Crippen molar-refractivity contribution >= 4 is 22.5 Å². The third-order valence-electron chi connectivity index (χ3n) is 6.72. The third-order valence-corrected chi connectivity index (χ3v) is 6.72. The summed E-state index contributed by atoms with van der Waals surface area (Å²) >= 11 is 0. The van der Waals surface area contributed by atoms with Crippen LogP contribution in [0.5, 0.6) is 11.5 Å². The van der Waals surface area contributed by atoms with Crippen LogP contribution in [0.4, 0.5) is 10.1 Å². The van der Waals surface area contributed by atoms with Crippen LogP contribution in [-0.2, 0) is 22.2 Å². The Labute approximate surface area is 203 Å². The van der Waals surface area contributed by atoms with Crippen molar-refractivity contribution in [2.45, 2.75) is 57.1 Å². The number of carbonyl (C=O) groups is 1. The molecule has 3 aromatic rings. The number of aliphatic hydroxyl groups is 2. The number of halogens is 1. The molecule has 1 aromatic heterocycles. The number of aromatic nitrogens is 1. The number of anilines is 1. The number of fused-ring (bicyclic) bond motifs is 2. The Balaban J connectivity index is 0.00000180. The summed E-state index contributed by atoms with van der Waals surface area (Å²) in [6.45, 7) is 6.01. The predicted molar refractivity (Wildman–Crippen MR) is 134 cm³/mol. The second kappa shape index (κ2) is 7.99. The van der Waals surface area contributed by atoms with Crippen LogP contribution in [-0.4, -0.2) is 40.2 Å². The molecule has 2 aliphatic rings. The Morgan fingerprint density at radius 3 is 2.62 bits per heavy atom. The molecular formula is C26H37FN2O5. The SMILES string of the molecule is CC(C)(C)c1cc2cc(NC(=O)C3(c4ccc5c(c4)OCO5)CC3)c(F)cc2n1C[C@H](O)CO.[HH].[HH].[HH].[HH]. The van der Waals surface area contributed by atoms with Gasteiger partial charge in [-0.2, -0.15) is 0 Å². The lowest BCUT2D eigenvalue weighted by atomic mass is 9.92. The van der Waals surface area contributed by atoms with Gasteiger partial charge in [0.05, 0.1) is 35.9 Å². The van der Waals surface area contributed by atoms with E-state index in [1.165, 1.54) is 6.07 Å². The van der Waals surface area contributed by atoms with Crippen LogP contribution in [0.3, 0.4) is 0 Å². The van der Waals surface area contributed by atoms with Crippen LogP contribution in [0.2, 0.25) is 0 Å². The first-order valence-electron chi connectivity index (χ1n) is 11.5. The fraction of sp³-hybridized carbons (Fsp3) is 0.423. The minimum Gasteiger partial charge on any atom is -0.454 e. The summed E-state index contributed by atoms with van der Waals surface area (Å²) in [7, 11) is 0. The number of nitrogens with one attached hydrogen (secondary N) is 1. The van der Waals surface area contributed by atoms with E-state index < -0.39 is 17.3 Å². The largest absolute Gasteiger partial charge is 0.454 e. The summed E-state index contributed by atoms with van der Waals surface area (Å²) in [5.41, 5.74) is 1.46. The van der Waals surface area contributed by atoms with E-state index in [2.05, 4.69) is 5.32 Å². The van der Waals surface area contributed by atoms with Crippen LogP contribution in [0.25, 0.3) is 10.9 Å². The standard InChI is InChI=1S/C26H29FN2O5.4H2/c1-25(2,3)23-9-15-8-19(18(27)11-20(15)29(23)12-17(31)13-30)28-24(32)26(6-7-26)16-4-5-21-22(10-16)34-14-33-21;;;;/h4-5,8-11,17,30-31H,6-7,12-14H2,1-3H3,(H,28,32);4*1H/t17-;;;;/m0..../s1. The highest BCUT2D eigenvalue weighted by Crippen LogP contribution is 2.51. The van der Waals surface area contributed by atoms with Gasteiger partial charge in [0.25, 0.3) is 0 Å². The first kappa shape index (κ1) is 22.7. The third kappa shape index (κ3) is 3.80. The van der Waals surface area contributed by atoms with Gasteiger partial charge >= 0.3 is 0 Å². The van der Waals surface area contributed by atoms with Crippen molar-refractivity contribution in [2.75, 3.05) is 18.7 Å². The second-order valence-electron chi connectivity index (χ2n) is 10.2. The summed E-state index contributed by atoms with van der Waals surface area (Å²) in [5, 5.41) is 22.9. The van der Waals surface area contributed by atoms with Crippen LogP contribution >= 0.6 is 0 Å². The number of rotatable bonds is 6. The zero-order chi connectivity index (χ0) is 24.3. The fourth-order valence-electron chi connectivity index (χ4n) is 4.67. The number of nitrogens with zero attached hydrogens (tertiary/aromatic N) is 1. The number of ether oxygens (including phenoxy) is 2. The molecule has 7 nitrogen and oxygen atoms in total. The monoisotopic (exact) mass is 476 g/mol. The Kier molecular flexibility index (Phi) is 5.33. The maximum absolute atomic E-state index is 15.2. The summed E-state index contributed by atoms with van der Waals surface area (Å²) in [6, 6.07) is 10.5. The molecule has 0 radical (unpaired) electrons. The number of aliphatic hydroxyl groups excluding tert-OH is 2. The molecule has 5 rings (SSSR count). The summed E-state index contributed by atoms with van der Waals surface area (Å²) < 4.78 is 27.8. The number of amides is 1. The number of benzene rings is 2. The lowest BCUT2D eigenvalue weighted by Gasteiger charge is -2.23. The zero-order valence-electron chi connectivity index (χ0n) is 19.5. The van der Waals surface area contributed by atoms with E-state index in [4.69, 9.17) is 9.47 Å². The minimum atomic E-state index is -0.962. The Morgan fingerprint density at radius 1 is 1.21 bits per heavy atom. The molecular weight excluding hydrogens is 439 g/mol. The van der Waals surface area contributed by atoms with E-state index >= 15 is 4.39 Å². The maximum atomic E-state index is 15.2. The van der Waals surface area contributed by atoms with Crippen molar-refractivity contribution in [3.8, 4) is 11.5 Å². The normalized spacial score (nSPS) is 17.1. The molecule has 0 unspecified atom stereocenters. The van der Waals surface area contributed by atoms with Gasteiger partial charge in [0.2, 0.25) is 12.7 Å². The highest BCUT2D eigenvalue weighted by atomic mass is 19.1. The first-order chi connectivity index (χ1) is 16.1. The lowest BCUT2D eigenvalue weighted by molar-refractivity contribution is -0.118. The molecule has 1 aliphatic heterocycles. The van der Waals surface area contributed by atoms with Crippen molar-refractivity contribution in [3.63, 3.8) is 0 Å². The van der Waals surface area contributed by atoms with Crippen LogP contribution < -0.4 is 14.8 Å². The van der Waals surface area contributed by atoms with Crippen molar-refractivity contribution in [3.05, 3.63) is 53.5 Å². The molecule has 2 heterocycles. The van der Waals surface area contributed by atoms with Gasteiger partial charge < -0.3 is 29.6 Å². The molecule has 3 N–H and O–H groups in total. The highest BCUT2D eigenvalue weighted by molar-refractivity contribution is 6.02. The molecule has 1 amide bonds. The molecule has 2 aromatic carbocycles. The van der Waals surface area contributed by atoms with E-state index in [1.54, 1.807) is 12.1 Å². The predicted octanol–water partition coefficient (Wildman–Crippen LogP) is 4.81. The molecule has 0 spiro atoms. The molecule has 34 heavy (non-hydrogen) atoms. The highest BCUT2D eigenvalue weighted by Gasteiger charge is 2.52. The van der Waals surface area contributed by atoms with Gasteiger partial charge in [-0.15, -0.1) is 0 Å². The molecule has 188 valence electrons. The average Bonchev–Trinajstić information content (AvgIpc) is 3.35. The molecule has 1 aliphatic carbocycles. The lowest BCUT2D eigenvalue weighted by Crippen LogP contribution is -2.28. The van der Waals surface area contributed by atoms with E-state index in [1.807, 2.05) is 43.5 Å². The average molecular weight is 477 g/mol. The van der Waals surface area contributed by atoms with Gasteiger partial charge in [-0.3, -0.25) is 4.79 Å². The minimum absolute atomic E-state index is 0. The van der Waals surface area contributed by atoms with Crippen LogP contribution in [0.1, 0.15) is 50.6 Å². The maximum Gasteiger partial charge on any atom is 0.235 e. The summed E-state index contributed by atoms with van der Waals surface area (Å²) in [4.78, 5) is 13.3. The van der Waals surface area contributed by atoms with Gasteiger partial charge in [0.15, 0.2) is 11.5 Å². The zero-order valence-corrected chi connectivity index (χ0v) is 19.5. The van der Waals surface area contributed by atoms with Gasteiger partial charge in [-0.25, -0.2) is 4.39 Å². The Bertz CT molecular complexity index is 1290. The van der Waals surface area contributed by atoms with Gasteiger partial charge in [-0.1, -0.05) is 26.8 Å². The molecule has 8 heteroatoms. The van der Waals surface area contributed by atoms with Gasteiger partial charge in [0, 0.05) is 28.3 Å². The first-order valence-corrected chi connectivity index (χ1v) is 11.5. The van der Waals surface area contributed by atoms with Gasteiger partial charge in [-0.05, 0) is 42.7 Å². The number of hydrogen-bond donors (Lipinski definition) is 3. The van der Waals surface area contributed by atoms with E-state index in [9.17, 15) is 15.0 Å². The van der Waals surface area contributed by atoms with Gasteiger partial charge in [0.1, 0.15) is 5.82 Å². The fourth-order valence-corrected chi connectivity index (χ4v) is 4.67. The Hall–Kier alpha value is -3.10. The van der Waals surface area contributed by atoms with Crippen molar-refractivity contribution in [1.29, 1.82) is 0 Å². The molecule has 1 saturated carbocycles. The summed E-state index contributed by atoms with van der Waals surface area (Å²) in [5.74, 6) is 0.462. The van der Waals surface area contributed by atoms with Crippen molar-refractivity contribution < 1.29 is 34.6 Å². The van der Waals surface area contributed by atoms with Crippen molar-refractivity contribution in [2.24, 2.45) is 0 Å². The van der Waals surface area contributed by atoms with E-state index in [0.29, 0.717) is 29.9 Å². The van der Waals surface area contributed by atoms with Crippen molar-refractivity contribution in [1.82, 2.24) is 4.57 Å². The molecule has 1 fully saturated rings. The smallest absolute Gasteiger partial charge is 0.235 e. The second-order valence-corrected chi connectivity index (χ2v) is 10.2. The van der Waals surface area contributed by atoms with Crippen LogP contribution in [0.15, 0.2) is 36.4 Å². The Morgan fingerprint density at radius 2 is 1.94 bits per heavy atom. The van der Waals surface area contributed by atoms with E-state index in [-0.39, 0.29) is 42.7 Å². The topological polar surface area (TPSA) is 93.0 Å². The number of hydrogen-bond acceptors (Lipinski definition) is 5. The summed E-state index contributed by atoms with van der Waals surface area (Å²) in [6.07, 6.45) is 0.383. The quantitative estimate of drug-likeness (QED) is 0.475. The van der Waals surface area contributed by atoms with E-state index in [0.717, 1.165) is 16.6 Å².